The van der Waals surface area contributed by atoms with Crippen LogP contribution < -0.4 is 0 Å². The van der Waals surface area contributed by atoms with Gasteiger partial charge in [0, 0.05) is 28.6 Å². The summed E-state index contributed by atoms with van der Waals surface area (Å²) in [5, 5.41) is 9.19. The van der Waals surface area contributed by atoms with Gasteiger partial charge in [-0.25, -0.2) is 0 Å². The van der Waals surface area contributed by atoms with E-state index in [1.165, 1.54) is 4.90 Å². The summed E-state index contributed by atoms with van der Waals surface area (Å²) < 4.78 is 1.48. The fourth-order valence-electron chi connectivity index (χ4n) is 2.11. The topological polar surface area (TPSA) is 70.5 Å². The quantitative estimate of drug-likeness (QED) is 0.857. The number of halogens is 2. The second-order valence-electron chi connectivity index (χ2n) is 4.12. The van der Waals surface area contributed by atoms with Gasteiger partial charge < -0.3 is 10.0 Å². The molecule has 2 unspecified atom stereocenters. The van der Waals surface area contributed by atoms with Crippen molar-refractivity contribution in [2.24, 2.45) is 5.92 Å². The van der Waals surface area contributed by atoms with E-state index in [4.69, 9.17) is 0 Å². The van der Waals surface area contributed by atoms with Crippen LogP contribution in [0.25, 0.3) is 0 Å². The third-order valence-corrected chi connectivity index (χ3v) is 4.09. The normalized spacial score (nSPS) is 23.5. The summed E-state index contributed by atoms with van der Waals surface area (Å²) in [4.78, 5) is 28.6. The van der Waals surface area contributed by atoms with Gasteiger partial charge in [0.05, 0.1) is 17.7 Å². The fourth-order valence-corrected chi connectivity index (χ4v) is 3.33. The minimum absolute atomic E-state index is 0.0146. The lowest BCUT2D eigenvalue weighted by molar-refractivity contribution is -0.142. The standard InChI is InChI=1S/C11H10Br2N2O3/c1-15-8(16)3-6(11(17)18)10(15)9-7(13)2-5(12)4-14-9/h2,4,6,10H,3H2,1H3,(H,17,18). The average Bonchev–Trinajstić information content (AvgIpc) is 2.57. The van der Waals surface area contributed by atoms with Crippen LogP contribution in [0.15, 0.2) is 21.2 Å². The Balaban J connectivity index is 2.46. The Morgan fingerprint density at radius 1 is 1.56 bits per heavy atom. The minimum Gasteiger partial charge on any atom is -0.481 e. The minimum atomic E-state index is -0.977. The first-order chi connectivity index (χ1) is 8.41. The third-order valence-electron chi connectivity index (χ3n) is 3.02. The number of carboxylic acids is 1. The van der Waals surface area contributed by atoms with Crippen molar-refractivity contribution in [3.63, 3.8) is 0 Å². The van der Waals surface area contributed by atoms with Gasteiger partial charge >= 0.3 is 5.97 Å². The monoisotopic (exact) mass is 376 g/mol. The van der Waals surface area contributed by atoms with Crippen molar-refractivity contribution < 1.29 is 14.7 Å². The number of hydrogen-bond acceptors (Lipinski definition) is 3. The molecule has 1 fully saturated rings. The second-order valence-corrected chi connectivity index (χ2v) is 5.89. The number of pyridine rings is 1. The molecule has 2 atom stereocenters. The molecule has 0 saturated carbocycles. The Morgan fingerprint density at radius 3 is 2.78 bits per heavy atom. The highest BCUT2D eigenvalue weighted by molar-refractivity contribution is 9.11. The van der Waals surface area contributed by atoms with Gasteiger partial charge in [-0.2, -0.15) is 0 Å². The van der Waals surface area contributed by atoms with Crippen LogP contribution in [-0.2, 0) is 9.59 Å². The molecule has 0 spiro atoms. The molecular weight excluding hydrogens is 368 g/mol. The molecule has 1 saturated heterocycles. The van der Waals surface area contributed by atoms with Crippen LogP contribution >= 0.6 is 31.9 Å². The van der Waals surface area contributed by atoms with Crippen molar-refractivity contribution >= 4 is 43.7 Å². The summed E-state index contributed by atoms with van der Waals surface area (Å²) >= 11 is 6.64. The number of likely N-dealkylation sites (tertiary alicyclic amines) is 1. The lowest BCUT2D eigenvalue weighted by Gasteiger charge is -2.23. The number of carbonyl (C=O) groups excluding carboxylic acids is 1. The first kappa shape index (κ1) is 13.5. The van der Waals surface area contributed by atoms with E-state index in [0.717, 1.165) is 4.47 Å². The Hall–Kier alpha value is -0.950. The van der Waals surface area contributed by atoms with E-state index < -0.39 is 17.9 Å². The largest absolute Gasteiger partial charge is 0.481 e. The Morgan fingerprint density at radius 2 is 2.22 bits per heavy atom. The number of rotatable bonds is 2. The van der Waals surface area contributed by atoms with Crippen LogP contribution in [0.1, 0.15) is 18.2 Å². The maximum atomic E-state index is 11.7. The van der Waals surface area contributed by atoms with E-state index in [2.05, 4.69) is 36.8 Å². The van der Waals surface area contributed by atoms with Crippen molar-refractivity contribution in [2.75, 3.05) is 7.05 Å². The van der Waals surface area contributed by atoms with Gasteiger partial charge in [0.15, 0.2) is 0 Å². The van der Waals surface area contributed by atoms with Crippen LogP contribution in [0.4, 0.5) is 0 Å². The van der Waals surface area contributed by atoms with Gasteiger partial charge in [-0.3, -0.25) is 14.6 Å². The molecule has 1 amide bonds. The van der Waals surface area contributed by atoms with Crippen LogP contribution in [0.3, 0.4) is 0 Å². The summed E-state index contributed by atoms with van der Waals surface area (Å²) in [7, 11) is 1.60. The zero-order valence-corrected chi connectivity index (χ0v) is 12.6. The molecular formula is C11H10Br2N2O3. The van der Waals surface area contributed by atoms with Crippen LogP contribution in [-0.4, -0.2) is 33.9 Å². The first-order valence-electron chi connectivity index (χ1n) is 5.21. The summed E-state index contributed by atoms with van der Waals surface area (Å²) in [6, 6.07) is 1.26. The van der Waals surface area contributed by atoms with Crippen molar-refractivity contribution in [3.8, 4) is 0 Å². The molecule has 18 heavy (non-hydrogen) atoms. The number of aliphatic carboxylic acids is 1. The molecule has 1 aromatic rings. The zero-order chi connectivity index (χ0) is 13.4. The smallest absolute Gasteiger partial charge is 0.309 e. The van der Waals surface area contributed by atoms with Gasteiger partial charge in [-0.05, 0) is 37.9 Å². The molecule has 7 heteroatoms. The lowest BCUT2D eigenvalue weighted by Crippen LogP contribution is -2.28. The predicted octanol–water partition coefficient (Wildman–Crippen LogP) is 2.21. The van der Waals surface area contributed by atoms with Gasteiger partial charge in [-0.1, -0.05) is 0 Å². The molecule has 0 radical (unpaired) electrons. The first-order valence-corrected chi connectivity index (χ1v) is 6.80. The van der Waals surface area contributed by atoms with Crippen molar-refractivity contribution in [3.05, 3.63) is 26.9 Å². The average molecular weight is 378 g/mol. The summed E-state index contributed by atoms with van der Waals surface area (Å²) in [6.07, 6.45) is 1.61. The number of nitrogens with zero attached hydrogens (tertiary/aromatic N) is 2. The molecule has 2 rings (SSSR count). The molecule has 0 bridgehead atoms. The number of hydrogen-bond donors (Lipinski definition) is 1. The molecule has 5 nitrogen and oxygen atoms in total. The van der Waals surface area contributed by atoms with Gasteiger partial charge in [0.1, 0.15) is 0 Å². The van der Waals surface area contributed by atoms with Crippen molar-refractivity contribution in [1.29, 1.82) is 0 Å². The number of aromatic nitrogens is 1. The van der Waals surface area contributed by atoms with E-state index in [1.807, 2.05) is 0 Å². The van der Waals surface area contributed by atoms with E-state index in [1.54, 1.807) is 19.3 Å². The van der Waals surface area contributed by atoms with Crippen LogP contribution in [0.2, 0.25) is 0 Å². The molecule has 1 aromatic heterocycles. The summed E-state index contributed by atoms with van der Waals surface area (Å²) in [6.45, 7) is 0. The van der Waals surface area contributed by atoms with Crippen LogP contribution in [0, 0.1) is 5.92 Å². The highest BCUT2D eigenvalue weighted by Gasteiger charge is 2.44. The van der Waals surface area contributed by atoms with E-state index in [-0.39, 0.29) is 12.3 Å². The molecule has 1 aliphatic heterocycles. The second kappa shape index (κ2) is 4.97. The van der Waals surface area contributed by atoms with Crippen LogP contribution in [0.5, 0.6) is 0 Å². The summed E-state index contributed by atoms with van der Waals surface area (Å²) in [5.41, 5.74) is 0.568. The van der Waals surface area contributed by atoms with Gasteiger partial charge in [0.25, 0.3) is 0 Å². The Bertz CT molecular complexity index is 521. The number of amides is 1. The maximum Gasteiger partial charge on any atom is 0.309 e. The zero-order valence-electron chi connectivity index (χ0n) is 9.43. The summed E-state index contributed by atoms with van der Waals surface area (Å²) in [5.74, 6) is -1.91. The number of carboxylic acid groups (broad SMARTS) is 1. The molecule has 2 heterocycles. The Labute approximate surface area is 120 Å². The SMILES string of the molecule is CN1C(=O)CC(C(=O)O)C1c1ncc(Br)cc1Br. The van der Waals surface area contributed by atoms with E-state index in [9.17, 15) is 14.7 Å². The molecule has 1 aliphatic rings. The highest BCUT2D eigenvalue weighted by Crippen LogP contribution is 2.39. The molecule has 96 valence electrons. The molecule has 0 aromatic carbocycles. The molecule has 1 N–H and O–H groups in total. The third kappa shape index (κ3) is 2.29. The van der Waals surface area contributed by atoms with Crippen molar-refractivity contribution in [1.82, 2.24) is 9.88 Å². The van der Waals surface area contributed by atoms with Crippen molar-refractivity contribution in [2.45, 2.75) is 12.5 Å². The van der Waals surface area contributed by atoms with Gasteiger partial charge in [-0.15, -0.1) is 0 Å². The number of carbonyl (C=O) groups is 2. The molecule has 0 aliphatic carbocycles. The lowest BCUT2D eigenvalue weighted by atomic mass is 9.97. The maximum absolute atomic E-state index is 11.7. The predicted molar refractivity (Wildman–Crippen MR) is 70.9 cm³/mol. The highest BCUT2D eigenvalue weighted by atomic mass is 79.9. The Kier molecular flexibility index (Phi) is 3.72. The fraction of sp³-hybridized carbons (Fsp3) is 0.364. The van der Waals surface area contributed by atoms with E-state index >= 15 is 0 Å². The van der Waals surface area contributed by atoms with Gasteiger partial charge in [0.2, 0.25) is 5.91 Å². The van der Waals surface area contributed by atoms with E-state index in [0.29, 0.717) is 10.2 Å².